The Balaban J connectivity index is 4.77. The number of unbranched alkanes of at least 4 members (excludes halogenated alkanes) is 6. The van der Waals surface area contributed by atoms with Gasteiger partial charge in [0.25, 0.3) is 0 Å². The third kappa shape index (κ3) is 11.0. The Morgan fingerprint density at radius 1 is 0.818 bits per heavy atom. The molecule has 0 heterocycles. The maximum atomic E-state index is 2.58. The van der Waals surface area contributed by atoms with Crippen molar-refractivity contribution in [3.8, 4) is 0 Å². The Morgan fingerprint density at radius 2 is 1.32 bits per heavy atom. The smallest absolute Gasteiger partial charge is 0.0724 e. The summed E-state index contributed by atoms with van der Waals surface area (Å²) in [5, 5.41) is 1.71. The van der Waals surface area contributed by atoms with Gasteiger partial charge in [-0.3, -0.25) is 0 Å². The summed E-state index contributed by atoms with van der Waals surface area (Å²) in [5.74, 6) is 0. The molecule has 0 aromatic carbocycles. The van der Waals surface area contributed by atoms with Crippen molar-refractivity contribution in [3.63, 3.8) is 0 Å². The maximum Gasteiger partial charge on any atom is 0.0724 e. The van der Waals surface area contributed by atoms with Gasteiger partial charge < -0.3 is 0 Å². The minimum atomic E-state index is -1.17. The third-order valence-electron chi connectivity index (χ3n) is 4.51. The van der Waals surface area contributed by atoms with Crippen molar-refractivity contribution in [2.24, 2.45) is 0 Å². The van der Waals surface area contributed by atoms with Gasteiger partial charge in [0.15, 0.2) is 0 Å². The molecule has 0 unspecified atom stereocenters. The van der Waals surface area contributed by atoms with Crippen molar-refractivity contribution in [1.82, 2.24) is 0 Å². The molecule has 0 aromatic heterocycles. The first kappa shape index (κ1) is 22.4. The van der Waals surface area contributed by atoms with Crippen LogP contribution in [-0.2, 0) is 0 Å². The molecule has 2 heteroatoms. The summed E-state index contributed by atoms with van der Waals surface area (Å²) in [4.78, 5) is 0. The predicted molar refractivity (Wildman–Crippen MR) is 116 cm³/mol. The lowest BCUT2D eigenvalue weighted by Gasteiger charge is -2.21. The summed E-state index contributed by atoms with van der Waals surface area (Å²) >= 11 is 2.58. The molecule has 0 nitrogen and oxygen atoms in total. The second-order valence-corrected chi connectivity index (χ2v) is 14.2. The van der Waals surface area contributed by atoms with Crippen LogP contribution < -0.4 is 0 Å². The first-order valence-corrected chi connectivity index (χ1v) is 14.0. The molecule has 0 aliphatic rings. The van der Waals surface area contributed by atoms with Gasteiger partial charge in [-0.05, 0) is 58.8 Å². The van der Waals surface area contributed by atoms with E-state index < -0.39 is 8.07 Å². The van der Waals surface area contributed by atoms with Crippen LogP contribution in [0.1, 0.15) is 85.0 Å². The van der Waals surface area contributed by atoms with Gasteiger partial charge in [-0.15, -0.1) is 0 Å². The average molecular weight is 435 g/mol. The lowest BCUT2D eigenvalue weighted by Crippen LogP contribution is -2.23. The Bertz CT molecular complexity index is 347. The molecular weight excluding hydrogens is 395 g/mol. The quantitative estimate of drug-likeness (QED) is 0.125. The molecule has 0 radical (unpaired) electrons. The molecule has 0 bridgehead atoms. The van der Waals surface area contributed by atoms with Crippen LogP contribution in [-0.4, -0.2) is 8.07 Å². The molecule has 130 valence electrons. The van der Waals surface area contributed by atoms with Crippen LogP contribution in [0.25, 0.3) is 0 Å². The van der Waals surface area contributed by atoms with E-state index >= 15 is 0 Å². The summed E-state index contributed by atoms with van der Waals surface area (Å²) < 4.78 is 1.57. The molecular formula is C20H39ISi. The molecule has 0 spiro atoms. The highest BCUT2D eigenvalue weighted by Crippen LogP contribution is 2.27. The van der Waals surface area contributed by atoms with E-state index in [9.17, 15) is 0 Å². The number of halogens is 1. The molecule has 0 saturated heterocycles. The third-order valence-corrected chi connectivity index (χ3v) is 7.93. The van der Waals surface area contributed by atoms with E-state index in [0.717, 1.165) is 0 Å². The Labute approximate surface area is 155 Å². The zero-order valence-corrected chi connectivity index (χ0v) is 19.2. The first-order valence-electron chi connectivity index (χ1n) is 9.39. The molecule has 0 amide bonds. The molecule has 0 rings (SSSR count). The topological polar surface area (TPSA) is 0 Å². The molecule has 22 heavy (non-hydrogen) atoms. The van der Waals surface area contributed by atoms with Gasteiger partial charge in [0.1, 0.15) is 0 Å². The molecule has 0 aromatic rings. The monoisotopic (exact) mass is 434 g/mol. The van der Waals surface area contributed by atoms with E-state index in [-0.39, 0.29) is 0 Å². The van der Waals surface area contributed by atoms with Gasteiger partial charge in [-0.1, -0.05) is 88.9 Å². The average Bonchev–Trinajstić information content (AvgIpc) is 2.45. The van der Waals surface area contributed by atoms with Gasteiger partial charge >= 0.3 is 0 Å². The summed E-state index contributed by atoms with van der Waals surface area (Å²) in [6, 6.07) is 0. The standard InChI is InChI=1S/C20H39ISi/c1-7-9-11-13-15-19(18(3)22(4,5)6)17-20(21)16-14-12-10-8-2/h17H,7-16H2,1-6H3/b19-18-,20-17-. The predicted octanol–water partition coefficient (Wildman–Crippen LogP) is 8.44. The van der Waals surface area contributed by atoms with Crippen LogP contribution in [0.4, 0.5) is 0 Å². The number of hydrogen-bond donors (Lipinski definition) is 0. The lowest BCUT2D eigenvalue weighted by molar-refractivity contribution is 0.665. The number of rotatable bonds is 12. The van der Waals surface area contributed by atoms with Crippen molar-refractivity contribution in [1.29, 1.82) is 0 Å². The fourth-order valence-electron chi connectivity index (χ4n) is 2.57. The van der Waals surface area contributed by atoms with Crippen molar-refractivity contribution >= 4 is 30.7 Å². The summed E-state index contributed by atoms with van der Waals surface area (Å²) in [6.45, 7) is 14.4. The highest BCUT2D eigenvalue weighted by Gasteiger charge is 2.18. The minimum Gasteiger partial charge on any atom is -0.0809 e. The maximum absolute atomic E-state index is 2.58. The van der Waals surface area contributed by atoms with E-state index in [0.29, 0.717) is 0 Å². The summed E-state index contributed by atoms with van der Waals surface area (Å²) in [7, 11) is -1.17. The van der Waals surface area contributed by atoms with E-state index in [1.807, 2.05) is 0 Å². The molecule has 0 saturated carbocycles. The van der Waals surface area contributed by atoms with Crippen LogP contribution in [0, 0.1) is 0 Å². The molecule has 0 aliphatic heterocycles. The highest BCUT2D eigenvalue weighted by molar-refractivity contribution is 14.1. The fourth-order valence-corrected chi connectivity index (χ4v) is 4.49. The molecule has 0 N–H and O–H groups in total. The molecule has 0 atom stereocenters. The van der Waals surface area contributed by atoms with E-state index in [1.54, 1.807) is 14.3 Å². The van der Waals surface area contributed by atoms with Gasteiger partial charge in [0, 0.05) is 0 Å². The molecule has 0 aliphatic carbocycles. The minimum absolute atomic E-state index is 1.17. The van der Waals surface area contributed by atoms with Gasteiger partial charge in [0.2, 0.25) is 0 Å². The Hall–Kier alpha value is 0.427. The summed E-state index contributed by atoms with van der Waals surface area (Å²) in [6.07, 6.45) is 16.0. The van der Waals surface area contributed by atoms with Crippen molar-refractivity contribution in [2.45, 2.75) is 105 Å². The molecule has 0 fully saturated rings. The van der Waals surface area contributed by atoms with Crippen LogP contribution in [0.3, 0.4) is 0 Å². The van der Waals surface area contributed by atoms with Gasteiger partial charge in [-0.25, -0.2) is 0 Å². The number of allylic oxidation sites excluding steroid dienone is 4. The Morgan fingerprint density at radius 3 is 1.77 bits per heavy atom. The van der Waals surface area contributed by atoms with E-state index in [2.05, 4.69) is 69.1 Å². The normalized spacial score (nSPS) is 14.2. The van der Waals surface area contributed by atoms with Crippen LogP contribution in [0.2, 0.25) is 19.6 Å². The SMILES string of the molecule is CCCCCC/C(I)=C/C(CCCCCC)=C(/C)[Si](C)(C)C. The number of hydrogen-bond acceptors (Lipinski definition) is 0. The van der Waals surface area contributed by atoms with E-state index in [4.69, 9.17) is 0 Å². The van der Waals surface area contributed by atoms with Crippen molar-refractivity contribution in [2.75, 3.05) is 0 Å². The van der Waals surface area contributed by atoms with Gasteiger partial charge in [-0.2, -0.15) is 0 Å². The fraction of sp³-hybridized carbons (Fsp3) is 0.800. The zero-order valence-electron chi connectivity index (χ0n) is 16.0. The second kappa shape index (κ2) is 12.8. The van der Waals surface area contributed by atoms with Crippen LogP contribution in [0.5, 0.6) is 0 Å². The largest absolute Gasteiger partial charge is 0.0809 e. The van der Waals surface area contributed by atoms with E-state index in [1.165, 1.54) is 64.2 Å². The lowest BCUT2D eigenvalue weighted by atomic mass is 10.0. The highest BCUT2D eigenvalue weighted by atomic mass is 127. The van der Waals surface area contributed by atoms with Crippen LogP contribution >= 0.6 is 22.6 Å². The van der Waals surface area contributed by atoms with Gasteiger partial charge in [0.05, 0.1) is 8.07 Å². The zero-order chi connectivity index (χ0) is 17.0. The summed E-state index contributed by atoms with van der Waals surface area (Å²) in [5.41, 5.74) is 1.66. The Kier molecular flexibility index (Phi) is 13.1. The van der Waals surface area contributed by atoms with Crippen molar-refractivity contribution in [3.05, 3.63) is 20.4 Å². The van der Waals surface area contributed by atoms with Crippen LogP contribution in [0.15, 0.2) is 20.4 Å². The van der Waals surface area contributed by atoms with Crippen molar-refractivity contribution < 1.29 is 0 Å². The first-order chi connectivity index (χ1) is 10.3. The second-order valence-electron chi connectivity index (χ2n) is 7.61.